The fourth-order valence-corrected chi connectivity index (χ4v) is 6.00. The molecule has 1 aromatic carbocycles. The molecule has 9 heteroatoms. The van der Waals surface area contributed by atoms with Crippen LogP contribution in [0.25, 0.3) is 5.57 Å². The lowest BCUT2D eigenvalue weighted by molar-refractivity contribution is -0.144. The molecule has 1 aliphatic carbocycles. The van der Waals surface area contributed by atoms with Crippen molar-refractivity contribution in [3.05, 3.63) is 47.6 Å². The normalized spacial score (nSPS) is 24.0. The number of carbonyl (C=O) groups excluding carboxylic acids is 2. The number of carbonyl (C=O) groups is 2. The molecule has 0 spiro atoms. The second kappa shape index (κ2) is 12.5. The van der Waals surface area contributed by atoms with Gasteiger partial charge in [-0.15, -0.1) is 0 Å². The average Bonchev–Trinajstić information content (AvgIpc) is 3.47. The van der Waals surface area contributed by atoms with Crippen molar-refractivity contribution in [2.45, 2.75) is 76.2 Å². The lowest BCUT2D eigenvalue weighted by Gasteiger charge is -2.36. The van der Waals surface area contributed by atoms with Gasteiger partial charge < -0.3 is 20.3 Å². The van der Waals surface area contributed by atoms with Crippen LogP contribution in [-0.4, -0.2) is 71.8 Å². The van der Waals surface area contributed by atoms with Gasteiger partial charge in [0.25, 0.3) is 5.91 Å². The van der Waals surface area contributed by atoms with Gasteiger partial charge in [0.2, 0.25) is 11.6 Å². The summed E-state index contributed by atoms with van der Waals surface area (Å²) in [7, 11) is 0. The smallest absolute Gasteiger partial charge is 0.265 e. The monoisotopic (exact) mass is 554 g/mol. The maximum Gasteiger partial charge on any atom is 0.265 e. The van der Waals surface area contributed by atoms with Gasteiger partial charge in [-0.25, -0.2) is 8.78 Å². The molecule has 4 rings (SSSR count). The average molecular weight is 555 g/mol. The molecule has 1 unspecified atom stereocenters. The zero-order valence-electron chi connectivity index (χ0n) is 23.5. The number of hydrogen-bond acceptors (Lipinski definition) is 5. The van der Waals surface area contributed by atoms with Crippen molar-refractivity contribution in [3.8, 4) is 11.8 Å². The Hall–Kier alpha value is -3.25. The molecule has 2 amide bonds. The lowest BCUT2D eigenvalue weighted by Crippen LogP contribution is -2.52. The molecule has 0 radical (unpaired) electrons. The van der Waals surface area contributed by atoms with E-state index >= 15 is 4.39 Å². The van der Waals surface area contributed by atoms with E-state index in [2.05, 4.69) is 11.0 Å². The molecule has 2 aliphatic heterocycles. The molecule has 2 saturated heterocycles. The lowest BCUT2D eigenvalue weighted by atomic mass is 9.82. The number of hydrogen-bond donors (Lipinski definition) is 1. The zero-order chi connectivity index (χ0) is 28.9. The summed E-state index contributed by atoms with van der Waals surface area (Å²) in [5.74, 6) is -0.717. The van der Waals surface area contributed by atoms with E-state index in [4.69, 9.17) is 10.5 Å². The number of allylic oxidation sites excluding steroid dienone is 3. The molecule has 0 bridgehead atoms. The number of nitrogens with two attached hydrogens (primary N) is 1. The highest BCUT2D eigenvalue weighted by Gasteiger charge is 2.49. The van der Waals surface area contributed by atoms with Gasteiger partial charge in [0.15, 0.2) is 0 Å². The van der Waals surface area contributed by atoms with Crippen LogP contribution < -0.4 is 10.5 Å². The zero-order valence-corrected chi connectivity index (χ0v) is 23.5. The number of halogens is 2. The maximum absolute atomic E-state index is 16.5. The number of amides is 2. The highest BCUT2D eigenvalue weighted by atomic mass is 19.1. The summed E-state index contributed by atoms with van der Waals surface area (Å²) in [6.45, 7) is 6.57. The predicted octanol–water partition coefficient (Wildman–Crippen LogP) is 4.71. The van der Waals surface area contributed by atoms with Gasteiger partial charge in [-0.3, -0.25) is 9.59 Å². The Morgan fingerprint density at radius 3 is 2.58 bits per heavy atom. The van der Waals surface area contributed by atoms with E-state index in [9.17, 15) is 19.2 Å². The van der Waals surface area contributed by atoms with Crippen LogP contribution in [0.1, 0.15) is 69.9 Å². The number of primary amides is 1. The van der Waals surface area contributed by atoms with Crippen LogP contribution in [0.3, 0.4) is 0 Å². The molecule has 7 nitrogen and oxygen atoms in total. The van der Waals surface area contributed by atoms with Crippen LogP contribution in [-0.2, 0) is 9.59 Å². The van der Waals surface area contributed by atoms with Gasteiger partial charge >= 0.3 is 0 Å². The van der Waals surface area contributed by atoms with Crippen molar-refractivity contribution in [2.75, 3.05) is 32.8 Å². The Kier molecular flexibility index (Phi) is 9.29. The molecule has 2 fully saturated rings. The first-order chi connectivity index (χ1) is 19.1. The van der Waals surface area contributed by atoms with Crippen LogP contribution >= 0.6 is 0 Å². The second-order valence-electron chi connectivity index (χ2n) is 11.3. The minimum Gasteiger partial charge on any atom is -0.492 e. The van der Waals surface area contributed by atoms with Gasteiger partial charge in [-0.1, -0.05) is 38.1 Å². The van der Waals surface area contributed by atoms with Crippen molar-refractivity contribution in [1.29, 1.82) is 5.26 Å². The standard InChI is InChI=1S/C31H40F2N4O3/c1-3-30(32,4-2)21-36-16-12-22(13-17-36)20-40-27-11-10-23(18-24(27)19-34)25-8-5-6-14-31(25,33)29(39)37-15-7-9-26(37)28(35)38/h5-6,8,10-11,18,22,26H,3-4,7,9,12-17,20-21H2,1-2H3,(H2,35,38)/t26-,31?/m0/s1. The van der Waals surface area contributed by atoms with Crippen LogP contribution in [0.15, 0.2) is 36.4 Å². The van der Waals surface area contributed by atoms with E-state index in [-0.39, 0.29) is 24.1 Å². The molecular formula is C31H40F2N4O3. The van der Waals surface area contributed by atoms with Gasteiger partial charge in [0, 0.05) is 25.1 Å². The van der Waals surface area contributed by atoms with Gasteiger partial charge in [0.05, 0.1) is 12.2 Å². The fourth-order valence-electron chi connectivity index (χ4n) is 6.00. The van der Waals surface area contributed by atoms with Gasteiger partial charge in [-0.2, -0.15) is 5.26 Å². The fraction of sp³-hybridized carbons (Fsp3) is 0.581. The van der Waals surface area contributed by atoms with Crippen molar-refractivity contribution in [1.82, 2.24) is 9.80 Å². The summed E-state index contributed by atoms with van der Waals surface area (Å²) in [6, 6.07) is 6.19. The number of benzene rings is 1. The first-order valence-electron chi connectivity index (χ1n) is 14.4. The number of ether oxygens (including phenoxy) is 1. The van der Waals surface area contributed by atoms with E-state index in [1.165, 1.54) is 4.90 Å². The molecule has 3 aliphatic rings. The Labute approximate surface area is 235 Å². The molecule has 216 valence electrons. The first-order valence-corrected chi connectivity index (χ1v) is 14.4. The molecule has 2 heterocycles. The predicted molar refractivity (Wildman–Crippen MR) is 150 cm³/mol. The first kappa shape index (κ1) is 29.7. The summed E-state index contributed by atoms with van der Waals surface area (Å²) in [4.78, 5) is 28.7. The molecule has 0 aromatic heterocycles. The summed E-state index contributed by atoms with van der Waals surface area (Å²) in [6.07, 6.45) is 8.45. The molecule has 40 heavy (non-hydrogen) atoms. The number of rotatable bonds is 10. The van der Waals surface area contributed by atoms with E-state index in [1.54, 1.807) is 36.4 Å². The Balaban J connectivity index is 1.43. The van der Waals surface area contributed by atoms with Crippen molar-refractivity contribution < 1.29 is 23.1 Å². The second-order valence-corrected chi connectivity index (χ2v) is 11.3. The number of alkyl halides is 2. The molecule has 1 aromatic rings. The van der Waals surface area contributed by atoms with Crippen LogP contribution in [0.4, 0.5) is 8.78 Å². The topological polar surface area (TPSA) is 99.7 Å². The highest BCUT2D eigenvalue weighted by molar-refractivity contribution is 6.02. The van der Waals surface area contributed by atoms with E-state index in [0.29, 0.717) is 56.1 Å². The molecular weight excluding hydrogens is 514 g/mol. The third-order valence-electron chi connectivity index (χ3n) is 8.77. The van der Waals surface area contributed by atoms with Crippen molar-refractivity contribution in [2.24, 2.45) is 11.7 Å². The number of likely N-dealkylation sites (tertiary alicyclic amines) is 2. The third-order valence-corrected chi connectivity index (χ3v) is 8.77. The number of piperidine rings is 1. The molecule has 2 N–H and O–H groups in total. The van der Waals surface area contributed by atoms with E-state index in [0.717, 1.165) is 25.9 Å². The van der Waals surface area contributed by atoms with Crippen molar-refractivity contribution in [3.63, 3.8) is 0 Å². The summed E-state index contributed by atoms with van der Waals surface area (Å²) in [5, 5.41) is 9.85. The largest absolute Gasteiger partial charge is 0.492 e. The van der Waals surface area contributed by atoms with Gasteiger partial charge in [-0.05, 0) is 75.2 Å². The highest BCUT2D eigenvalue weighted by Crippen LogP contribution is 2.41. The maximum atomic E-state index is 16.5. The van der Waals surface area contributed by atoms with Crippen LogP contribution in [0.5, 0.6) is 5.75 Å². The van der Waals surface area contributed by atoms with Gasteiger partial charge in [0.1, 0.15) is 23.5 Å². The Morgan fingerprint density at radius 2 is 1.93 bits per heavy atom. The number of nitriles is 1. The molecule has 2 atom stereocenters. The SMILES string of the molecule is CCC(F)(CC)CN1CCC(COc2ccc(C3=CC=CCC3(F)C(=O)N3CCC[C@H]3C(N)=O)cc2C#N)CC1. The van der Waals surface area contributed by atoms with E-state index < -0.39 is 29.2 Å². The third kappa shape index (κ3) is 6.22. The quantitative estimate of drug-likeness (QED) is 0.452. The van der Waals surface area contributed by atoms with E-state index in [1.807, 2.05) is 13.8 Å². The van der Waals surface area contributed by atoms with Crippen LogP contribution in [0.2, 0.25) is 0 Å². The summed E-state index contributed by atoms with van der Waals surface area (Å²) >= 11 is 0. The summed E-state index contributed by atoms with van der Waals surface area (Å²) in [5.41, 5.74) is 2.77. The minimum atomic E-state index is -2.37. The van der Waals surface area contributed by atoms with Crippen LogP contribution in [0, 0.1) is 17.2 Å². The Morgan fingerprint density at radius 1 is 1.20 bits per heavy atom. The van der Waals surface area contributed by atoms with Crippen molar-refractivity contribution >= 4 is 17.4 Å². The molecule has 0 saturated carbocycles. The number of nitrogens with zero attached hydrogens (tertiary/aromatic N) is 3. The Bertz CT molecular complexity index is 1200. The minimum absolute atomic E-state index is 0.147. The summed E-state index contributed by atoms with van der Waals surface area (Å²) < 4.78 is 37.4.